The van der Waals surface area contributed by atoms with E-state index in [1.165, 1.54) is 6.42 Å². The molecule has 1 aromatic carbocycles. The lowest BCUT2D eigenvalue weighted by molar-refractivity contribution is -0.135. The number of benzene rings is 1. The summed E-state index contributed by atoms with van der Waals surface area (Å²) in [6, 6.07) is 13.9. The molecule has 3 fully saturated rings. The van der Waals surface area contributed by atoms with Crippen LogP contribution in [0.5, 0.6) is 0 Å². The molecule has 2 aromatic rings. The molecule has 2 N–H and O–H groups in total. The molecule has 0 radical (unpaired) electrons. The second-order valence-electron chi connectivity index (χ2n) is 9.45. The van der Waals surface area contributed by atoms with Gasteiger partial charge in [-0.05, 0) is 55.0 Å². The van der Waals surface area contributed by atoms with E-state index in [4.69, 9.17) is 11.6 Å². The molecule has 0 saturated carbocycles. The molecular weight excluding hydrogens is 436 g/mol. The number of carbonyl (C=O) groups excluding carboxylic acids is 1. The van der Waals surface area contributed by atoms with Crippen molar-refractivity contribution in [2.24, 2.45) is 5.92 Å². The SMILES string of the molecule is O=C(C1CC(c2cccc(Cl)c2)NN1)N1CCCC(CN2CCN(c3ccccn3)CC2)C1. The second kappa shape index (κ2) is 10.4. The molecule has 176 valence electrons. The fourth-order valence-corrected chi connectivity index (χ4v) is 5.56. The van der Waals surface area contributed by atoms with Crippen LogP contribution in [-0.2, 0) is 4.79 Å². The number of halogens is 1. The predicted molar refractivity (Wildman–Crippen MR) is 131 cm³/mol. The summed E-state index contributed by atoms with van der Waals surface area (Å²) < 4.78 is 0. The Morgan fingerprint density at radius 3 is 2.73 bits per heavy atom. The number of nitrogens with one attached hydrogen (secondary N) is 2. The van der Waals surface area contributed by atoms with Gasteiger partial charge in [-0.3, -0.25) is 9.69 Å². The summed E-state index contributed by atoms with van der Waals surface area (Å²) in [5, 5.41) is 0.726. The quantitative estimate of drug-likeness (QED) is 0.703. The number of rotatable bonds is 5. The number of hydrogen-bond acceptors (Lipinski definition) is 6. The van der Waals surface area contributed by atoms with Crippen molar-refractivity contribution in [3.05, 3.63) is 59.2 Å². The molecule has 4 heterocycles. The van der Waals surface area contributed by atoms with Gasteiger partial charge >= 0.3 is 0 Å². The van der Waals surface area contributed by atoms with Crippen LogP contribution >= 0.6 is 11.6 Å². The van der Waals surface area contributed by atoms with Crippen molar-refractivity contribution < 1.29 is 4.79 Å². The molecule has 5 rings (SSSR count). The number of hydrazine groups is 1. The maximum absolute atomic E-state index is 13.3. The fourth-order valence-electron chi connectivity index (χ4n) is 5.36. The molecule has 7 nitrogen and oxygen atoms in total. The van der Waals surface area contributed by atoms with Crippen LogP contribution in [0.25, 0.3) is 0 Å². The van der Waals surface area contributed by atoms with Gasteiger partial charge in [0.05, 0.1) is 0 Å². The highest BCUT2D eigenvalue weighted by Crippen LogP contribution is 2.27. The minimum absolute atomic E-state index is 0.105. The van der Waals surface area contributed by atoms with Crippen LogP contribution in [0.1, 0.15) is 30.9 Å². The molecule has 3 aliphatic heterocycles. The number of likely N-dealkylation sites (tertiary alicyclic amines) is 1. The minimum Gasteiger partial charge on any atom is -0.354 e. The topological polar surface area (TPSA) is 63.7 Å². The Labute approximate surface area is 201 Å². The summed E-state index contributed by atoms with van der Waals surface area (Å²) in [5.41, 5.74) is 7.64. The van der Waals surface area contributed by atoms with E-state index >= 15 is 0 Å². The average Bonchev–Trinajstić information content (AvgIpc) is 3.35. The molecule has 33 heavy (non-hydrogen) atoms. The molecule has 3 aliphatic rings. The van der Waals surface area contributed by atoms with Gasteiger partial charge in [0, 0.05) is 63.1 Å². The number of amides is 1. The number of nitrogens with zero attached hydrogens (tertiary/aromatic N) is 4. The highest BCUT2D eigenvalue weighted by atomic mass is 35.5. The molecule has 8 heteroatoms. The van der Waals surface area contributed by atoms with Gasteiger partial charge in [0.25, 0.3) is 0 Å². The van der Waals surface area contributed by atoms with Crippen molar-refractivity contribution >= 4 is 23.3 Å². The fraction of sp³-hybridized carbons (Fsp3) is 0.520. The Hall–Kier alpha value is -2.19. The largest absolute Gasteiger partial charge is 0.354 e. The number of hydrogen-bond donors (Lipinski definition) is 2. The molecule has 3 unspecified atom stereocenters. The highest BCUT2D eigenvalue weighted by molar-refractivity contribution is 6.30. The Kier molecular flexibility index (Phi) is 7.11. The van der Waals surface area contributed by atoms with Gasteiger partial charge in [0.1, 0.15) is 11.9 Å². The Bertz CT molecular complexity index is 936. The van der Waals surface area contributed by atoms with E-state index < -0.39 is 0 Å². The third-order valence-electron chi connectivity index (χ3n) is 7.14. The van der Waals surface area contributed by atoms with E-state index in [0.29, 0.717) is 5.92 Å². The zero-order chi connectivity index (χ0) is 22.6. The Balaban J connectivity index is 1.10. The molecule has 0 aliphatic carbocycles. The van der Waals surface area contributed by atoms with Crippen molar-refractivity contribution in [1.82, 2.24) is 25.6 Å². The predicted octanol–water partition coefficient (Wildman–Crippen LogP) is 2.70. The molecule has 0 bridgehead atoms. The van der Waals surface area contributed by atoms with Gasteiger partial charge < -0.3 is 9.80 Å². The van der Waals surface area contributed by atoms with E-state index in [0.717, 1.165) is 75.1 Å². The van der Waals surface area contributed by atoms with Crippen LogP contribution in [0, 0.1) is 5.92 Å². The summed E-state index contributed by atoms with van der Waals surface area (Å²) in [6.07, 6.45) is 4.89. The summed E-state index contributed by atoms with van der Waals surface area (Å²) in [5.74, 6) is 1.83. The Morgan fingerprint density at radius 2 is 1.94 bits per heavy atom. The molecule has 1 aromatic heterocycles. The maximum atomic E-state index is 13.3. The summed E-state index contributed by atoms with van der Waals surface area (Å²) in [7, 11) is 0. The van der Waals surface area contributed by atoms with Gasteiger partial charge in [0.15, 0.2) is 0 Å². The van der Waals surface area contributed by atoms with Gasteiger partial charge in [-0.15, -0.1) is 0 Å². The minimum atomic E-state index is -0.186. The van der Waals surface area contributed by atoms with E-state index in [1.54, 1.807) is 0 Å². The first-order valence-corrected chi connectivity index (χ1v) is 12.5. The highest BCUT2D eigenvalue weighted by Gasteiger charge is 2.35. The molecule has 1 amide bonds. The average molecular weight is 469 g/mol. The van der Waals surface area contributed by atoms with Crippen molar-refractivity contribution in [3.8, 4) is 0 Å². The lowest BCUT2D eigenvalue weighted by atomic mass is 9.95. The van der Waals surface area contributed by atoms with Crippen LogP contribution in [0.2, 0.25) is 5.02 Å². The third-order valence-corrected chi connectivity index (χ3v) is 7.38. The number of piperidine rings is 1. The van der Waals surface area contributed by atoms with Crippen LogP contribution < -0.4 is 15.8 Å². The first kappa shape index (κ1) is 22.6. The lowest BCUT2D eigenvalue weighted by Gasteiger charge is -2.40. The molecular formula is C25H33ClN6O. The molecule has 3 atom stereocenters. The number of aromatic nitrogens is 1. The number of pyridine rings is 1. The van der Waals surface area contributed by atoms with Gasteiger partial charge in [-0.1, -0.05) is 29.8 Å². The molecule has 3 saturated heterocycles. The van der Waals surface area contributed by atoms with Crippen molar-refractivity contribution in [3.63, 3.8) is 0 Å². The first-order valence-electron chi connectivity index (χ1n) is 12.1. The van der Waals surface area contributed by atoms with Gasteiger partial charge in [0.2, 0.25) is 5.91 Å². The van der Waals surface area contributed by atoms with E-state index in [2.05, 4.69) is 42.7 Å². The third kappa shape index (κ3) is 5.49. The smallest absolute Gasteiger partial charge is 0.241 e. The summed E-state index contributed by atoms with van der Waals surface area (Å²) in [4.78, 5) is 24.7. The van der Waals surface area contributed by atoms with E-state index in [-0.39, 0.29) is 18.0 Å². The zero-order valence-corrected chi connectivity index (χ0v) is 19.8. The monoisotopic (exact) mass is 468 g/mol. The summed E-state index contributed by atoms with van der Waals surface area (Å²) >= 11 is 6.15. The number of piperazine rings is 1. The van der Waals surface area contributed by atoms with Crippen LogP contribution in [0.3, 0.4) is 0 Å². The first-order chi connectivity index (χ1) is 16.2. The summed E-state index contributed by atoms with van der Waals surface area (Å²) in [6.45, 7) is 6.92. The normalized spacial score (nSPS) is 26.5. The van der Waals surface area contributed by atoms with Crippen LogP contribution in [0.15, 0.2) is 48.7 Å². The van der Waals surface area contributed by atoms with Crippen molar-refractivity contribution in [2.75, 3.05) is 50.7 Å². The standard InChI is InChI=1S/C25H33ClN6O/c26-21-7-3-6-20(15-21)22-16-23(29-28-22)25(33)32-10-4-5-19(18-32)17-30-11-13-31(14-12-30)24-8-1-2-9-27-24/h1-3,6-9,15,19,22-23,28-29H,4-5,10-14,16-18H2. The van der Waals surface area contributed by atoms with E-state index in [9.17, 15) is 4.79 Å². The van der Waals surface area contributed by atoms with Crippen molar-refractivity contribution in [1.29, 1.82) is 0 Å². The second-order valence-corrected chi connectivity index (χ2v) is 9.89. The van der Waals surface area contributed by atoms with Gasteiger partial charge in [-0.25, -0.2) is 15.8 Å². The van der Waals surface area contributed by atoms with E-state index in [1.807, 2.05) is 36.5 Å². The molecule has 0 spiro atoms. The number of carbonyl (C=O) groups is 1. The van der Waals surface area contributed by atoms with Crippen molar-refractivity contribution in [2.45, 2.75) is 31.3 Å². The lowest BCUT2D eigenvalue weighted by Crippen LogP contribution is -2.52. The number of anilines is 1. The van der Waals surface area contributed by atoms with Crippen LogP contribution in [-0.4, -0.2) is 72.5 Å². The van der Waals surface area contributed by atoms with Gasteiger partial charge in [-0.2, -0.15) is 0 Å². The zero-order valence-electron chi connectivity index (χ0n) is 19.0. The van der Waals surface area contributed by atoms with Crippen LogP contribution in [0.4, 0.5) is 5.82 Å². The Morgan fingerprint density at radius 1 is 1.06 bits per heavy atom. The maximum Gasteiger partial charge on any atom is 0.241 e.